The number of anilines is 1. The Morgan fingerprint density at radius 3 is 2.48 bits per heavy atom. The summed E-state index contributed by atoms with van der Waals surface area (Å²) >= 11 is 12.1. The minimum Gasteiger partial charge on any atom is -0.506 e. The highest BCUT2D eigenvalue weighted by Gasteiger charge is 2.43. The third-order valence-electron chi connectivity index (χ3n) is 6.10. The van der Waals surface area contributed by atoms with Crippen LogP contribution in [0.4, 0.5) is 5.69 Å². The zero-order chi connectivity index (χ0) is 23.1. The van der Waals surface area contributed by atoms with Gasteiger partial charge in [0, 0.05) is 28.3 Å². The predicted octanol–water partition coefficient (Wildman–Crippen LogP) is 6.03. The normalized spacial score (nSPS) is 17.9. The molecule has 0 bridgehead atoms. The highest BCUT2D eigenvalue weighted by atomic mass is 35.5. The highest BCUT2D eigenvalue weighted by molar-refractivity contribution is 7.80. The lowest BCUT2D eigenvalue weighted by atomic mass is 9.96. The molecule has 1 fully saturated rings. The summed E-state index contributed by atoms with van der Waals surface area (Å²) in [6, 6.07) is 22.9. The van der Waals surface area contributed by atoms with Crippen LogP contribution in [0.1, 0.15) is 34.7 Å². The highest BCUT2D eigenvalue weighted by Crippen LogP contribution is 2.46. The molecule has 0 spiro atoms. The average Bonchev–Trinajstić information content (AvgIpc) is 3.31. The van der Waals surface area contributed by atoms with Crippen LogP contribution in [0.5, 0.6) is 5.75 Å². The van der Waals surface area contributed by atoms with E-state index in [1.165, 1.54) is 0 Å². The van der Waals surface area contributed by atoms with Crippen LogP contribution in [0.3, 0.4) is 0 Å². The van der Waals surface area contributed by atoms with Gasteiger partial charge in [0.05, 0.1) is 23.5 Å². The Labute approximate surface area is 203 Å². The molecule has 3 heterocycles. The Morgan fingerprint density at radius 1 is 1.00 bits per heavy atom. The number of aromatic nitrogens is 2. The number of pyridine rings is 1. The number of phenolic OH excluding ortho intramolecular Hbond substituents is 1. The second kappa shape index (κ2) is 8.54. The molecule has 5 nitrogen and oxygen atoms in total. The van der Waals surface area contributed by atoms with Gasteiger partial charge in [0.2, 0.25) is 0 Å². The van der Waals surface area contributed by atoms with E-state index in [4.69, 9.17) is 23.8 Å². The van der Waals surface area contributed by atoms with Crippen molar-refractivity contribution in [3.8, 4) is 11.4 Å². The van der Waals surface area contributed by atoms with Gasteiger partial charge in [-0.2, -0.15) is 0 Å². The summed E-state index contributed by atoms with van der Waals surface area (Å²) in [7, 11) is 0. The van der Waals surface area contributed by atoms with Gasteiger partial charge in [0.1, 0.15) is 5.75 Å². The van der Waals surface area contributed by atoms with Crippen LogP contribution < -0.4 is 10.2 Å². The second-order valence-corrected chi connectivity index (χ2v) is 8.95. The van der Waals surface area contributed by atoms with E-state index in [2.05, 4.69) is 46.9 Å². The van der Waals surface area contributed by atoms with Crippen molar-refractivity contribution in [3.05, 3.63) is 107 Å². The quantitative estimate of drug-likeness (QED) is 0.354. The van der Waals surface area contributed by atoms with Crippen LogP contribution in [-0.2, 0) is 0 Å². The molecule has 33 heavy (non-hydrogen) atoms. The maximum atomic E-state index is 10.7. The number of thiocarbonyl (C=S) groups is 1. The van der Waals surface area contributed by atoms with E-state index >= 15 is 0 Å². The molecule has 0 radical (unpaired) electrons. The molecular weight excluding hydrogens is 452 g/mol. The molecule has 0 saturated carbocycles. The third-order valence-corrected chi connectivity index (χ3v) is 6.65. The Kier molecular flexibility index (Phi) is 5.56. The molecule has 1 aliphatic rings. The maximum absolute atomic E-state index is 10.7. The first-order valence-electron chi connectivity index (χ1n) is 10.7. The van der Waals surface area contributed by atoms with Gasteiger partial charge in [0.15, 0.2) is 5.11 Å². The summed E-state index contributed by atoms with van der Waals surface area (Å²) in [5, 5.41) is 15.2. The lowest BCUT2D eigenvalue weighted by Crippen LogP contribution is -2.29. The van der Waals surface area contributed by atoms with E-state index in [-0.39, 0.29) is 17.8 Å². The second-order valence-electron chi connectivity index (χ2n) is 8.13. The zero-order valence-electron chi connectivity index (χ0n) is 18.2. The fourth-order valence-corrected chi connectivity index (χ4v) is 5.19. The minimum atomic E-state index is -0.236. The Hall–Kier alpha value is -3.35. The Morgan fingerprint density at radius 2 is 1.76 bits per heavy atom. The zero-order valence-corrected chi connectivity index (χ0v) is 19.8. The SMILES string of the molecule is Cc1cc(C2C(c3ccccn3)NC(=S)N2c2cc(Cl)ccc2O)c(C)n1-c1ccccc1. The number of aromatic hydroxyl groups is 1. The molecule has 0 aliphatic carbocycles. The van der Waals surface area contributed by atoms with Gasteiger partial charge < -0.3 is 19.9 Å². The molecule has 4 aromatic rings. The van der Waals surface area contributed by atoms with Gasteiger partial charge in [-0.1, -0.05) is 35.9 Å². The number of aryl methyl sites for hydroxylation is 1. The fourth-order valence-electron chi connectivity index (χ4n) is 4.68. The molecule has 0 amide bonds. The number of rotatable bonds is 4. The molecule has 2 aromatic heterocycles. The lowest BCUT2D eigenvalue weighted by Gasteiger charge is -2.28. The molecule has 1 saturated heterocycles. The number of hydrogen-bond acceptors (Lipinski definition) is 3. The molecule has 2 atom stereocenters. The summed E-state index contributed by atoms with van der Waals surface area (Å²) in [6.45, 7) is 4.21. The van der Waals surface area contributed by atoms with Gasteiger partial charge in [-0.15, -0.1) is 0 Å². The van der Waals surface area contributed by atoms with Gasteiger partial charge in [0.25, 0.3) is 0 Å². The molecular formula is C26H23ClN4OS. The van der Waals surface area contributed by atoms with Crippen molar-refractivity contribution in [2.45, 2.75) is 25.9 Å². The van der Waals surface area contributed by atoms with Crippen molar-refractivity contribution in [2.75, 3.05) is 4.90 Å². The number of halogens is 1. The monoisotopic (exact) mass is 474 g/mol. The fraction of sp³-hybridized carbons (Fsp3) is 0.154. The predicted molar refractivity (Wildman–Crippen MR) is 136 cm³/mol. The molecule has 5 rings (SSSR count). The van der Waals surface area contributed by atoms with Crippen LogP contribution >= 0.6 is 23.8 Å². The topological polar surface area (TPSA) is 53.3 Å². The summed E-state index contributed by atoms with van der Waals surface area (Å²) in [6.07, 6.45) is 1.78. The third kappa shape index (κ3) is 3.75. The number of nitrogens with one attached hydrogen (secondary N) is 1. The van der Waals surface area contributed by atoms with Crippen molar-refractivity contribution in [3.63, 3.8) is 0 Å². The number of hydrogen-bond donors (Lipinski definition) is 2. The number of nitrogens with zero attached hydrogens (tertiary/aromatic N) is 3. The smallest absolute Gasteiger partial charge is 0.174 e. The van der Waals surface area contributed by atoms with Crippen LogP contribution in [-0.4, -0.2) is 19.8 Å². The maximum Gasteiger partial charge on any atom is 0.174 e. The van der Waals surface area contributed by atoms with Crippen molar-refractivity contribution >= 4 is 34.6 Å². The minimum absolute atomic E-state index is 0.118. The van der Waals surface area contributed by atoms with E-state index in [1.807, 2.05) is 41.3 Å². The van der Waals surface area contributed by atoms with E-state index in [0.29, 0.717) is 15.8 Å². The van der Waals surface area contributed by atoms with Crippen LogP contribution in [0.2, 0.25) is 5.02 Å². The Bertz CT molecular complexity index is 1320. The van der Waals surface area contributed by atoms with Gasteiger partial charge >= 0.3 is 0 Å². The van der Waals surface area contributed by atoms with Crippen molar-refractivity contribution in [1.82, 2.24) is 14.9 Å². The number of para-hydroxylation sites is 1. The Balaban J connectivity index is 1.71. The summed E-state index contributed by atoms with van der Waals surface area (Å²) in [5.74, 6) is 0.118. The van der Waals surface area contributed by atoms with Crippen molar-refractivity contribution < 1.29 is 5.11 Å². The first-order valence-corrected chi connectivity index (χ1v) is 11.5. The molecule has 166 valence electrons. The van der Waals surface area contributed by atoms with E-state index < -0.39 is 0 Å². The first kappa shape index (κ1) is 21.5. The van der Waals surface area contributed by atoms with Crippen molar-refractivity contribution in [2.24, 2.45) is 0 Å². The average molecular weight is 475 g/mol. The van der Waals surface area contributed by atoms with Gasteiger partial charge in [-0.05, 0) is 80.2 Å². The van der Waals surface area contributed by atoms with Crippen molar-refractivity contribution in [1.29, 1.82) is 0 Å². The summed E-state index contributed by atoms with van der Waals surface area (Å²) in [5.41, 5.74) is 5.84. The van der Waals surface area contributed by atoms with Crippen LogP contribution in [0, 0.1) is 13.8 Å². The standard InChI is InChI=1S/C26H23ClN4OS/c1-16-14-20(17(2)30(16)19-8-4-3-5-9-19)25-24(21-10-6-7-13-28-21)29-26(33)31(25)22-15-18(27)11-12-23(22)32/h3-15,24-25,32H,1-2H3,(H,29,33). The first-order chi connectivity index (χ1) is 16.0. The molecule has 2 N–H and O–H groups in total. The molecule has 2 aromatic carbocycles. The van der Waals surface area contributed by atoms with Crippen LogP contribution in [0.25, 0.3) is 5.69 Å². The lowest BCUT2D eigenvalue weighted by molar-refractivity contribution is 0.472. The molecule has 1 aliphatic heterocycles. The van der Waals surface area contributed by atoms with E-state index in [0.717, 1.165) is 28.3 Å². The van der Waals surface area contributed by atoms with Gasteiger partial charge in [-0.25, -0.2) is 0 Å². The number of benzene rings is 2. The summed E-state index contributed by atoms with van der Waals surface area (Å²) < 4.78 is 2.24. The molecule has 7 heteroatoms. The molecule has 2 unspecified atom stereocenters. The van der Waals surface area contributed by atoms with Gasteiger partial charge in [-0.3, -0.25) is 4.98 Å². The van der Waals surface area contributed by atoms with E-state index in [1.54, 1.807) is 24.4 Å². The largest absolute Gasteiger partial charge is 0.506 e. The van der Waals surface area contributed by atoms with Crippen LogP contribution in [0.15, 0.2) is 79.0 Å². The van der Waals surface area contributed by atoms with E-state index in [9.17, 15) is 5.11 Å². The summed E-state index contributed by atoms with van der Waals surface area (Å²) in [4.78, 5) is 6.56. The number of phenols is 1.